The number of aryl methyl sites for hydroxylation is 1. The van der Waals surface area contributed by atoms with Crippen LogP contribution in [-0.4, -0.2) is 25.3 Å². The zero-order valence-electron chi connectivity index (χ0n) is 19.6. The van der Waals surface area contributed by atoms with E-state index in [1.54, 1.807) is 46.7 Å². The van der Waals surface area contributed by atoms with Crippen molar-refractivity contribution in [3.05, 3.63) is 116 Å². The molecule has 0 saturated carbocycles. The number of rotatable bonds is 4. The van der Waals surface area contributed by atoms with Crippen LogP contribution in [0.25, 0.3) is 22.1 Å². The highest BCUT2D eigenvalue weighted by Crippen LogP contribution is 2.28. The van der Waals surface area contributed by atoms with Crippen LogP contribution in [0.5, 0.6) is 5.88 Å². The Balaban J connectivity index is 1.74. The van der Waals surface area contributed by atoms with Crippen molar-refractivity contribution in [2.24, 2.45) is 12.0 Å². The Kier molecular flexibility index (Phi) is 5.45. The third-order valence-electron chi connectivity index (χ3n) is 6.31. The topological polar surface area (TPSA) is 81.5 Å². The van der Waals surface area contributed by atoms with Gasteiger partial charge in [0, 0.05) is 24.0 Å². The van der Waals surface area contributed by atoms with E-state index in [1.807, 2.05) is 62.4 Å². The number of aromatic nitrogens is 3. The van der Waals surface area contributed by atoms with E-state index in [9.17, 15) is 14.7 Å². The van der Waals surface area contributed by atoms with Crippen LogP contribution in [0.1, 0.15) is 16.8 Å². The third-order valence-corrected chi connectivity index (χ3v) is 6.31. The Morgan fingerprint density at radius 2 is 1.43 bits per heavy atom. The summed E-state index contributed by atoms with van der Waals surface area (Å²) < 4.78 is 4.59. The molecular formula is C28H24N4O3. The number of nitrogens with zero attached hydrogens (tertiary/aromatic N) is 4. The molecule has 0 atom stereocenters. The zero-order valence-corrected chi connectivity index (χ0v) is 19.6. The summed E-state index contributed by atoms with van der Waals surface area (Å²) in [5.41, 5.74) is 2.84. The molecule has 1 N–H and O–H groups in total. The average Bonchev–Trinajstić information content (AvgIpc) is 3.08. The number of fused-ring (bicyclic) bond motifs is 1. The molecule has 0 aliphatic rings. The maximum absolute atomic E-state index is 13.3. The molecule has 0 amide bonds. The smallest absolute Gasteiger partial charge is 0.297 e. The van der Waals surface area contributed by atoms with Crippen LogP contribution in [0.4, 0.5) is 5.69 Å². The summed E-state index contributed by atoms with van der Waals surface area (Å²) in [5.74, 6) is -0.233. The largest absolute Gasteiger partial charge is 0.494 e. The lowest BCUT2D eigenvalue weighted by atomic mass is 10.1. The van der Waals surface area contributed by atoms with Crippen molar-refractivity contribution in [3.63, 3.8) is 0 Å². The molecule has 0 aliphatic carbocycles. The van der Waals surface area contributed by atoms with Crippen molar-refractivity contribution < 1.29 is 5.11 Å². The van der Waals surface area contributed by atoms with Gasteiger partial charge in [-0.1, -0.05) is 54.6 Å². The number of aliphatic imine (C=N–C) groups is 1. The number of benzene rings is 3. The maximum Gasteiger partial charge on any atom is 0.297 e. The van der Waals surface area contributed by atoms with E-state index in [0.29, 0.717) is 27.7 Å². The summed E-state index contributed by atoms with van der Waals surface area (Å²) in [6, 6.07) is 23.7. The van der Waals surface area contributed by atoms with Gasteiger partial charge in [-0.15, -0.1) is 0 Å². The molecule has 0 bridgehead atoms. The van der Waals surface area contributed by atoms with Crippen LogP contribution < -0.4 is 11.1 Å². The molecule has 5 rings (SSSR count). The van der Waals surface area contributed by atoms with Crippen LogP contribution in [0.3, 0.4) is 0 Å². The lowest BCUT2D eigenvalue weighted by molar-refractivity contribution is 0.436. The van der Waals surface area contributed by atoms with Gasteiger partial charge in [-0.2, -0.15) is 0 Å². The lowest BCUT2D eigenvalue weighted by Crippen LogP contribution is -2.21. The van der Waals surface area contributed by atoms with Gasteiger partial charge in [0.05, 0.1) is 22.6 Å². The Morgan fingerprint density at radius 3 is 2.14 bits per heavy atom. The van der Waals surface area contributed by atoms with E-state index < -0.39 is 0 Å². The number of hydrogen-bond acceptors (Lipinski definition) is 4. The average molecular weight is 465 g/mol. The predicted octanol–water partition coefficient (Wildman–Crippen LogP) is 4.55. The molecular weight excluding hydrogens is 440 g/mol. The fourth-order valence-corrected chi connectivity index (χ4v) is 4.36. The highest BCUT2D eigenvalue weighted by atomic mass is 16.3. The van der Waals surface area contributed by atoms with Gasteiger partial charge in [0.2, 0.25) is 5.88 Å². The van der Waals surface area contributed by atoms with E-state index in [1.165, 1.54) is 10.8 Å². The first-order chi connectivity index (χ1) is 16.9. The monoisotopic (exact) mass is 464 g/mol. The number of hydrogen-bond donors (Lipinski definition) is 1. The summed E-state index contributed by atoms with van der Waals surface area (Å²) in [6.07, 6.45) is 1.46. The van der Waals surface area contributed by atoms with E-state index in [2.05, 4.69) is 4.99 Å². The van der Waals surface area contributed by atoms with E-state index >= 15 is 0 Å². The summed E-state index contributed by atoms with van der Waals surface area (Å²) in [5, 5.41) is 12.3. The highest BCUT2D eigenvalue weighted by Gasteiger charge is 2.19. The van der Waals surface area contributed by atoms with E-state index in [4.69, 9.17) is 0 Å². The van der Waals surface area contributed by atoms with Crippen LogP contribution >= 0.6 is 0 Å². The van der Waals surface area contributed by atoms with Crippen molar-refractivity contribution in [1.29, 1.82) is 0 Å². The summed E-state index contributed by atoms with van der Waals surface area (Å²) in [7, 11) is 1.80. The van der Waals surface area contributed by atoms with E-state index in [-0.39, 0.29) is 22.7 Å². The van der Waals surface area contributed by atoms with Gasteiger partial charge in [-0.05, 0) is 43.7 Å². The van der Waals surface area contributed by atoms with Gasteiger partial charge < -0.3 is 5.11 Å². The van der Waals surface area contributed by atoms with Crippen molar-refractivity contribution in [2.45, 2.75) is 13.8 Å². The summed E-state index contributed by atoms with van der Waals surface area (Å²) in [6.45, 7) is 3.70. The first-order valence-electron chi connectivity index (χ1n) is 11.2. The van der Waals surface area contributed by atoms with Gasteiger partial charge in [0.1, 0.15) is 0 Å². The molecule has 0 unspecified atom stereocenters. The molecule has 0 fully saturated rings. The standard InChI is InChI=1S/C28H24N4O3/c1-18-11-7-10-16-24(18)31-26(33)22-15-9-8-14-21(22)23(27(31)34)17-29-25-19(2)30(3)32(28(25)35)20-12-5-4-6-13-20/h4-17,34H,1-3H3. The molecule has 35 heavy (non-hydrogen) atoms. The molecule has 0 radical (unpaired) electrons. The lowest BCUT2D eigenvalue weighted by Gasteiger charge is -2.15. The minimum Gasteiger partial charge on any atom is -0.494 e. The minimum absolute atomic E-state index is 0.233. The number of pyridine rings is 1. The first-order valence-corrected chi connectivity index (χ1v) is 11.2. The van der Waals surface area contributed by atoms with E-state index in [0.717, 1.165) is 11.3 Å². The van der Waals surface area contributed by atoms with Crippen molar-refractivity contribution in [1.82, 2.24) is 13.9 Å². The van der Waals surface area contributed by atoms with Crippen LogP contribution in [0.15, 0.2) is 93.4 Å². The fraction of sp³-hybridized carbons (Fsp3) is 0.107. The number of aromatic hydroxyl groups is 1. The molecule has 7 heteroatoms. The highest BCUT2D eigenvalue weighted by molar-refractivity contribution is 6.02. The molecule has 5 aromatic rings. The molecule has 2 heterocycles. The Labute approximate surface area is 201 Å². The molecule has 2 aromatic heterocycles. The SMILES string of the molecule is Cc1ccccc1-n1c(O)c(C=Nc2c(C)n(C)n(-c3ccccc3)c2=O)c2ccccc2c1=O. The van der Waals surface area contributed by atoms with Crippen molar-refractivity contribution in [3.8, 4) is 17.3 Å². The van der Waals surface area contributed by atoms with Gasteiger partial charge in [-0.25, -0.2) is 14.2 Å². The quantitative estimate of drug-likeness (QED) is 0.396. The zero-order chi connectivity index (χ0) is 24.7. The normalized spacial score (nSPS) is 11.5. The number of para-hydroxylation sites is 2. The summed E-state index contributed by atoms with van der Waals surface area (Å²) in [4.78, 5) is 31.1. The molecule has 7 nitrogen and oxygen atoms in total. The van der Waals surface area contributed by atoms with Gasteiger partial charge >= 0.3 is 0 Å². The maximum atomic E-state index is 13.3. The second-order valence-electron chi connectivity index (χ2n) is 8.38. The molecule has 0 saturated heterocycles. The Bertz CT molecular complexity index is 1720. The van der Waals surface area contributed by atoms with Crippen molar-refractivity contribution in [2.75, 3.05) is 0 Å². The van der Waals surface area contributed by atoms with Crippen LogP contribution in [0, 0.1) is 13.8 Å². The Morgan fingerprint density at radius 1 is 0.800 bits per heavy atom. The minimum atomic E-state index is -0.327. The van der Waals surface area contributed by atoms with Gasteiger partial charge in [-0.3, -0.25) is 14.3 Å². The predicted molar refractivity (Wildman–Crippen MR) is 139 cm³/mol. The van der Waals surface area contributed by atoms with Crippen LogP contribution in [-0.2, 0) is 7.05 Å². The first kappa shape index (κ1) is 22.2. The van der Waals surface area contributed by atoms with Gasteiger partial charge in [0.25, 0.3) is 11.1 Å². The molecule has 3 aromatic carbocycles. The van der Waals surface area contributed by atoms with Crippen LogP contribution in [0.2, 0.25) is 0 Å². The molecule has 0 aliphatic heterocycles. The second-order valence-corrected chi connectivity index (χ2v) is 8.38. The van der Waals surface area contributed by atoms with Crippen molar-refractivity contribution >= 4 is 22.7 Å². The molecule has 174 valence electrons. The Hall–Kier alpha value is -4.65. The third kappa shape index (κ3) is 3.58. The molecule has 0 spiro atoms. The fourth-order valence-electron chi connectivity index (χ4n) is 4.36. The van der Waals surface area contributed by atoms with Gasteiger partial charge in [0.15, 0.2) is 5.69 Å². The summed E-state index contributed by atoms with van der Waals surface area (Å²) >= 11 is 0. The second kappa shape index (κ2) is 8.61.